The maximum absolute atomic E-state index is 13.5. The Morgan fingerprint density at radius 1 is 1.10 bits per heavy atom. The molecule has 1 saturated carbocycles. The van der Waals surface area contributed by atoms with E-state index < -0.39 is 11.6 Å². The van der Waals surface area contributed by atoms with E-state index in [1.54, 1.807) is 30.1 Å². The number of benzene rings is 2. The van der Waals surface area contributed by atoms with Crippen molar-refractivity contribution in [2.24, 2.45) is 11.8 Å². The topological polar surface area (TPSA) is 56.3 Å². The van der Waals surface area contributed by atoms with E-state index in [-0.39, 0.29) is 29.8 Å². The van der Waals surface area contributed by atoms with Crippen molar-refractivity contribution in [3.63, 3.8) is 0 Å². The van der Waals surface area contributed by atoms with E-state index >= 15 is 0 Å². The molecule has 0 unspecified atom stereocenters. The molecular weight excluding hydrogens is 393 g/mol. The second-order valence-corrected chi connectivity index (χ2v) is 7.80. The largest absolute Gasteiger partial charge is 0.395 e. The van der Waals surface area contributed by atoms with E-state index in [0.717, 1.165) is 18.9 Å². The summed E-state index contributed by atoms with van der Waals surface area (Å²) in [6, 6.07) is 9.50. The van der Waals surface area contributed by atoms with Gasteiger partial charge in [-0.2, -0.15) is 0 Å². The first-order valence-corrected chi connectivity index (χ1v) is 9.88. The Labute approximate surface area is 173 Å². The molecule has 1 aliphatic carbocycles. The highest BCUT2D eigenvalue weighted by Crippen LogP contribution is 2.34. The van der Waals surface area contributed by atoms with Gasteiger partial charge in [-0.05, 0) is 60.7 Å². The Morgan fingerprint density at radius 3 is 2.37 bits per heavy atom. The number of carbonyl (C=O) groups is 1. The number of aromatic amines is 1. The molecule has 7 heteroatoms. The normalized spacial score (nSPS) is 17.8. The zero-order valence-corrected chi connectivity index (χ0v) is 17.0. The van der Waals surface area contributed by atoms with Gasteiger partial charge in [0.25, 0.3) is 0 Å². The zero-order valence-electron chi connectivity index (χ0n) is 17.0. The Balaban J connectivity index is 0.000000187. The molecule has 1 amide bonds. The molecule has 4 nitrogen and oxygen atoms in total. The highest BCUT2D eigenvalue weighted by atomic mass is 19.1. The Kier molecular flexibility index (Phi) is 6.82. The standard InChI is InChI=1S/C14H8F3N.C9H17NO2/c15-10-3-1-8(2-4-10)13-6-9-5-11(16)7-12(17)14(9)18-13;1-7-5-8(6-7)9(12)10(2)3-4-11/h1-7,18H;7-8,11H,3-6H2,1-2H3. The molecular formula is C23H25F3N2O2. The summed E-state index contributed by atoms with van der Waals surface area (Å²) in [7, 11) is 1.75. The molecule has 0 saturated heterocycles. The SMILES string of the molecule is CC1CC(C(=O)N(C)CCO)C1.Fc1ccc(-c2cc3cc(F)cc(F)c3[nH]2)cc1. The molecule has 30 heavy (non-hydrogen) atoms. The molecule has 0 atom stereocenters. The molecule has 0 bridgehead atoms. The third-order valence-electron chi connectivity index (χ3n) is 5.33. The highest BCUT2D eigenvalue weighted by molar-refractivity contribution is 5.86. The molecule has 1 aromatic heterocycles. The van der Waals surface area contributed by atoms with Crippen LogP contribution in [0.25, 0.3) is 22.2 Å². The highest BCUT2D eigenvalue weighted by Gasteiger charge is 2.32. The van der Waals surface area contributed by atoms with Gasteiger partial charge in [0.2, 0.25) is 5.91 Å². The van der Waals surface area contributed by atoms with Gasteiger partial charge in [0.1, 0.15) is 17.5 Å². The number of H-pyrrole nitrogens is 1. The van der Waals surface area contributed by atoms with Crippen LogP contribution in [0, 0.1) is 29.3 Å². The number of hydrogen-bond donors (Lipinski definition) is 2. The Hall–Kier alpha value is -2.80. The number of rotatable bonds is 4. The van der Waals surface area contributed by atoms with E-state index in [0.29, 0.717) is 29.1 Å². The summed E-state index contributed by atoms with van der Waals surface area (Å²) in [6.07, 6.45) is 2.04. The van der Waals surface area contributed by atoms with Gasteiger partial charge in [0.15, 0.2) is 0 Å². The first-order valence-electron chi connectivity index (χ1n) is 9.88. The summed E-state index contributed by atoms with van der Waals surface area (Å²) in [5.41, 5.74) is 1.58. The van der Waals surface area contributed by atoms with Crippen LogP contribution in [-0.4, -0.2) is 41.1 Å². The molecule has 2 aromatic carbocycles. The van der Waals surface area contributed by atoms with E-state index in [1.165, 1.54) is 18.2 Å². The number of amides is 1. The minimum Gasteiger partial charge on any atom is -0.395 e. The summed E-state index contributed by atoms with van der Waals surface area (Å²) in [4.78, 5) is 16.0. The lowest BCUT2D eigenvalue weighted by molar-refractivity contribution is -0.138. The monoisotopic (exact) mass is 418 g/mol. The summed E-state index contributed by atoms with van der Waals surface area (Å²) >= 11 is 0. The minimum absolute atomic E-state index is 0.0600. The van der Waals surface area contributed by atoms with Crippen LogP contribution in [0.15, 0.2) is 42.5 Å². The zero-order chi connectivity index (χ0) is 21.8. The maximum atomic E-state index is 13.5. The number of aromatic nitrogens is 1. The van der Waals surface area contributed by atoms with E-state index in [2.05, 4.69) is 11.9 Å². The smallest absolute Gasteiger partial charge is 0.225 e. The van der Waals surface area contributed by atoms with Crippen molar-refractivity contribution >= 4 is 16.8 Å². The summed E-state index contributed by atoms with van der Waals surface area (Å²) in [5.74, 6) is -0.463. The van der Waals surface area contributed by atoms with Crippen LogP contribution >= 0.6 is 0 Å². The quantitative estimate of drug-likeness (QED) is 0.643. The van der Waals surface area contributed by atoms with Crippen molar-refractivity contribution in [3.8, 4) is 11.3 Å². The molecule has 4 rings (SSSR count). The molecule has 1 heterocycles. The first kappa shape index (κ1) is 21.9. The number of aliphatic hydroxyl groups is 1. The van der Waals surface area contributed by atoms with Crippen LogP contribution in [0.5, 0.6) is 0 Å². The molecule has 0 spiro atoms. The number of aliphatic hydroxyl groups excluding tert-OH is 1. The molecule has 160 valence electrons. The lowest BCUT2D eigenvalue weighted by Gasteiger charge is -2.34. The summed E-state index contributed by atoms with van der Waals surface area (Å²) < 4.78 is 39.4. The number of carbonyl (C=O) groups excluding carboxylic acids is 1. The van der Waals surface area contributed by atoms with Gasteiger partial charge in [-0.3, -0.25) is 4.79 Å². The number of hydrogen-bond acceptors (Lipinski definition) is 2. The second kappa shape index (κ2) is 9.34. The van der Waals surface area contributed by atoms with Crippen LogP contribution < -0.4 is 0 Å². The number of halogens is 3. The number of likely N-dealkylation sites (N-methyl/N-ethyl adjacent to an activating group) is 1. The molecule has 2 N–H and O–H groups in total. The molecule has 0 radical (unpaired) electrons. The Morgan fingerprint density at radius 2 is 1.77 bits per heavy atom. The van der Waals surface area contributed by atoms with Gasteiger partial charge in [-0.1, -0.05) is 6.92 Å². The fraction of sp³-hybridized carbons (Fsp3) is 0.348. The van der Waals surface area contributed by atoms with Crippen LogP contribution in [0.1, 0.15) is 19.8 Å². The predicted molar refractivity (Wildman–Crippen MR) is 110 cm³/mol. The molecule has 1 fully saturated rings. The average Bonchev–Trinajstić information content (AvgIpc) is 3.10. The van der Waals surface area contributed by atoms with Gasteiger partial charge in [0.05, 0.1) is 12.1 Å². The molecule has 0 aliphatic heterocycles. The van der Waals surface area contributed by atoms with E-state index in [1.807, 2.05) is 0 Å². The number of nitrogens with zero attached hydrogens (tertiary/aromatic N) is 1. The van der Waals surface area contributed by atoms with Gasteiger partial charge >= 0.3 is 0 Å². The summed E-state index contributed by atoms with van der Waals surface area (Å²) in [5, 5.41) is 9.07. The van der Waals surface area contributed by atoms with Gasteiger partial charge in [0, 0.05) is 36.7 Å². The minimum atomic E-state index is -0.640. The fourth-order valence-electron chi connectivity index (χ4n) is 3.63. The average molecular weight is 418 g/mol. The van der Waals surface area contributed by atoms with Gasteiger partial charge in [-0.25, -0.2) is 13.2 Å². The lowest BCUT2D eigenvalue weighted by atomic mass is 9.75. The van der Waals surface area contributed by atoms with Crippen LogP contribution in [0.4, 0.5) is 13.2 Å². The lowest BCUT2D eigenvalue weighted by Crippen LogP contribution is -2.40. The van der Waals surface area contributed by atoms with Crippen molar-refractivity contribution in [1.82, 2.24) is 9.88 Å². The van der Waals surface area contributed by atoms with Crippen LogP contribution in [0.3, 0.4) is 0 Å². The van der Waals surface area contributed by atoms with Crippen LogP contribution in [0.2, 0.25) is 0 Å². The van der Waals surface area contributed by atoms with E-state index in [4.69, 9.17) is 5.11 Å². The number of fused-ring (bicyclic) bond motifs is 1. The van der Waals surface area contributed by atoms with E-state index in [9.17, 15) is 18.0 Å². The molecule has 3 aromatic rings. The molecule has 1 aliphatic rings. The predicted octanol–water partition coefficient (Wildman–Crippen LogP) is 4.74. The van der Waals surface area contributed by atoms with Gasteiger partial charge in [-0.15, -0.1) is 0 Å². The first-order chi connectivity index (χ1) is 14.3. The summed E-state index contributed by atoms with van der Waals surface area (Å²) in [6.45, 7) is 2.68. The van der Waals surface area contributed by atoms with Crippen molar-refractivity contribution in [2.75, 3.05) is 20.2 Å². The van der Waals surface area contributed by atoms with Crippen molar-refractivity contribution in [2.45, 2.75) is 19.8 Å². The van der Waals surface area contributed by atoms with Crippen molar-refractivity contribution < 1.29 is 23.1 Å². The maximum Gasteiger partial charge on any atom is 0.225 e. The van der Waals surface area contributed by atoms with Crippen LogP contribution in [-0.2, 0) is 4.79 Å². The van der Waals surface area contributed by atoms with Crippen molar-refractivity contribution in [1.29, 1.82) is 0 Å². The second-order valence-electron chi connectivity index (χ2n) is 7.80. The Bertz CT molecular complexity index is 1000. The van der Waals surface area contributed by atoms with Gasteiger partial charge < -0.3 is 15.0 Å². The number of nitrogens with one attached hydrogen (secondary N) is 1. The third-order valence-corrected chi connectivity index (χ3v) is 5.33. The van der Waals surface area contributed by atoms with Crippen molar-refractivity contribution in [3.05, 3.63) is 59.9 Å². The third kappa shape index (κ3) is 5.02. The fourth-order valence-corrected chi connectivity index (χ4v) is 3.63.